The van der Waals surface area contributed by atoms with Crippen molar-refractivity contribution in [1.29, 1.82) is 0 Å². The molecule has 11 aromatic rings. The maximum atomic E-state index is 5.09. The van der Waals surface area contributed by atoms with Gasteiger partial charge in [0.05, 0.1) is 16.4 Å². The van der Waals surface area contributed by atoms with Gasteiger partial charge in [0.1, 0.15) is 17.2 Å². The third kappa shape index (κ3) is 5.19. The quantitative estimate of drug-likeness (QED) is 0.154. The van der Waals surface area contributed by atoms with E-state index in [2.05, 4.69) is 234 Å². The van der Waals surface area contributed by atoms with Crippen LogP contribution in [0.5, 0.6) is 0 Å². The number of aryl methyl sites for hydroxylation is 2. The second-order valence-corrected chi connectivity index (χ2v) is 16.3. The maximum Gasteiger partial charge on any atom is 0.255 e. The number of hydrogen-bond acceptors (Lipinski definition) is 1. The van der Waals surface area contributed by atoms with Crippen LogP contribution in [0, 0.1) is 13.8 Å². The van der Waals surface area contributed by atoms with E-state index in [1.54, 1.807) is 0 Å². The molecule has 288 valence electrons. The highest BCUT2D eigenvalue weighted by molar-refractivity contribution is 6.09. The minimum absolute atomic E-state index is 0.620. The normalized spacial score (nSPS) is 12.9. The zero-order chi connectivity index (χ0) is 40.7. The highest BCUT2D eigenvalue weighted by Gasteiger charge is 2.46. The molecule has 0 radical (unpaired) electrons. The van der Waals surface area contributed by atoms with Crippen LogP contribution in [-0.2, 0) is 5.41 Å². The Kier molecular flexibility index (Phi) is 7.85. The molecule has 4 nitrogen and oxygen atoms in total. The number of rotatable bonds is 6. The molecule has 4 heteroatoms. The number of imidazole rings is 1. The van der Waals surface area contributed by atoms with Crippen LogP contribution in [0.1, 0.15) is 33.4 Å². The predicted octanol–water partition coefficient (Wildman–Crippen LogP) is 13.0. The number of hydrogen-bond donors (Lipinski definition) is 0. The summed E-state index contributed by atoms with van der Waals surface area (Å²) in [5.74, 6) is 0.901. The molecule has 3 aromatic heterocycles. The second kappa shape index (κ2) is 13.6. The minimum atomic E-state index is -0.620. The van der Waals surface area contributed by atoms with Crippen molar-refractivity contribution < 1.29 is 4.57 Å². The van der Waals surface area contributed by atoms with Crippen molar-refractivity contribution in [2.45, 2.75) is 19.3 Å². The molecule has 61 heavy (non-hydrogen) atoms. The number of fused-ring (bicyclic) bond motifs is 7. The van der Waals surface area contributed by atoms with Gasteiger partial charge in [-0.3, -0.25) is 4.57 Å². The van der Waals surface area contributed by atoms with Crippen molar-refractivity contribution in [2.75, 3.05) is 0 Å². The SMILES string of the molecule is Cc1cccc(C)c1-c1ccnc(-n2c3ccccc3c3ccc(C4(c5cccc(-n6c[n+](-c7ccccc7)c7ccccc76)c5)c5ccccc5-c5ccccc54)cc32)c1. The molecule has 0 aliphatic heterocycles. The molecule has 3 heterocycles. The highest BCUT2D eigenvalue weighted by atomic mass is 15.1. The zero-order valence-electron chi connectivity index (χ0n) is 34.0. The van der Waals surface area contributed by atoms with Crippen LogP contribution in [0.2, 0.25) is 0 Å². The summed E-state index contributed by atoms with van der Waals surface area (Å²) in [7, 11) is 0. The molecule has 0 atom stereocenters. The van der Waals surface area contributed by atoms with Crippen LogP contribution in [0.3, 0.4) is 0 Å². The Morgan fingerprint density at radius 2 is 1.13 bits per heavy atom. The molecule has 12 rings (SSSR count). The van der Waals surface area contributed by atoms with Gasteiger partial charge in [-0.05, 0) is 130 Å². The van der Waals surface area contributed by atoms with Gasteiger partial charge >= 0.3 is 0 Å². The summed E-state index contributed by atoms with van der Waals surface area (Å²) in [6.07, 6.45) is 4.19. The summed E-state index contributed by atoms with van der Waals surface area (Å²) in [4.78, 5) is 5.09. The van der Waals surface area contributed by atoms with Gasteiger partial charge in [0.15, 0.2) is 11.0 Å². The van der Waals surface area contributed by atoms with Crippen molar-refractivity contribution in [3.63, 3.8) is 0 Å². The van der Waals surface area contributed by atoms with Crippen LogP contribution < -0.4 is 4.57 Å². The van der Waals surface area contributed by atoms with Crippen LogP contribution in [0.25, 0.3) is 72.3 Å². The number of pyridine rings is 1. The van der Waals surface area contributed by atoms with E-state index in [-0.39, 0.29) is 0 Å². The van der Waals surface area contributed by atoms with Gasteiger partial charge in [0.2, 0.25) is 0 Å². The van der Waals surface area contributed by atoms with Gasteiger partial charge in [-0.2, -0.15) is 9.13 Å². The van der Waals surface area contributed by atoms with Crippen LogP contribution in [0.15, 0.2) is 213 Å². The van der Waals surface area contributed by atoms with Crippen molar-refractivity contribution in [2.24, 2.45) is 0 Å². The molecule has 0 N–H and O–H groups in total. The Morgan fingerprint density at radius 3 is 1.92 bits per heavy atom. The lowest BCUT2D eigenvalue weighted by atomic mass is 9.67. The molecule has 0 amide bonds. The number of aromatic nitrogens is 4. The number of para-hydroxylation sites is 4. The molecule has 0 spiro atoms. The van der Waals surface area contributed by atoms with E-state index in [0.29, 0.717) is 0 Å². The van der Waals surface area contributed by atoms with E-state index < -0.39 is 5.41 Å². The summed E-state index contributed by atoms with van der Waals surface area (Å²) in [6, 6.07) is 73.3. The van der Waals surface area contributed by atoms with Crippen molar-refractivity contribution in [1.82, 2.24) is 14.1 Å². The third-order valence-electron chi connectivity index (χ3n) is 13.0. The van der Waals surface area contributed by atoms with Crippen molar-refractivity contribution >= 4 is 32.8 Å². The van der Waals surface area contributed by atoms with E-state index in [9.17, 15) is 0 Å². The fourth-order valence-corrected chi connectivity index (χ4v) is 10.4. The van der Waals surface area contributed by atoms with Gasteiger partial charge in [-0.25, -0.2) is 4.98 Å². The smallest absolute Gasteiger partial charge is 0.255 e. The summed E-state index contributed by atoms with van der Waals surface area (Å²) >= 11 is 0. The monoisotopic (exact) mass is 781 g/mol. The van der Waals surface area contributed by atoms with Gasteiger partial charge in [-0.1, -0.05) is 140 Å². The zero-order valence-corrected chi connectivity index (χ0v) is 34.0. The Bertz CT molecular complexity index is 3450. The summed E-state index contributed by atoms with van der Waals surface area (Å²) in [5, 5.41) is 2.41. The molecule has 0 unspecified atom stereocenters. The predicted molar refractivity (Wildman–Crippen MR) is 249 cm³/mol. The first-order valence-corrected chi connectivity index (χ1v) is 21.0. The van der Waals surface area contributed by atoms with Gasteiger partial charge in [0.25, 0.3) is 6.33 Å². The maximum absolute atomic E-state index is 5.09. The molecule has 1 aliphatic rings. The Labute approximate surface area is 354 Å². The Hall–Kier alpha value is -7.82. The van der Waals surface area contributed by atoms with Crippen LogP contribution in [-0.4, -0.2) is 14.1 Å². The lowest BCUT2D eigenvalue weighted by Gasteiger charge is -2.34. The summed E-state index contributed by atoms with van der Waals surface area (Å²) < 4.78 is 6.99. The molecule has 0 saturated heterocycles. The molecule has 8 aromatic carbocycles. The second-order valence-electron chi connectivity index (χ2n) is 16.3. The lowest BCUT2D eigenvalue weighted by Crippen LogP contribution is -2.29. The molecular weight excluding hydrogens is 741 g/mol. The molecular formula is C57H41N4+. The minimum Gasteiger partial charge on any atom is -0.294 e. The highest BCUT2D eigenvalue weighted by Crippen LogP contribution is 2.56. The van der Waals surface area contributed by atoms with E-state index in [4.69, 9.17) is 4.98 Å². The fraction of sp³-hybridized carbons (Fsp3) is 0.0526. The number of benzene rings is 8. The Balaban J connectivity index is 1.13. The van der Waals surface area contributed by atoms with Gasteiger partial charge in [0, 0.05) is 17.0 Å². The summed E-state index contributed by atoms with van der Waals surface area (Å²) in [5.41, 5.74) is 18.6. The van der Waals surface area contributed by atoms with E-state index >= 15 is 0 Å². The molecule has 0 bridgehead atoms. The first-order chi connectivity index (χ1) is 30.1. The van der Waals surface area contributed by atoms with Gasteiger partial charge < -0.3 is 0 Å². The molecule has 0 fully saturated rings. The first-order valence-electron chi connectivity index (χ1n) is 21.0. The Morgan fingerprint density at radius 1 is 0.492 bits per heavy atom. The van der Waals surface area contributed by atoms with Crippen molar-refractivity contribution in [3.8, 4) is 39.4 Å². The standard InChI is InChI=1S/C57H41N4/c1-38-16-14-17-39(2)56(38)40-32-33-58-55(34-40)61-51-27-11-8-24-47(51)48-31-30-42(36-54(48)61)57(49-25-9-6-22-45(49)46-23-7-10-26-50(46)57)41-18-15-21-44(35-41)60-37-59(43-19-4-3-5-20-43)52-28-12-13-29-53(52)60/h3-37H,1-2H3/q+1. The third-order valence-corrected chi connectivity index (χ3v) is 13.0. The van der Waals surface area contributed by atoms with Crippen LogP contribution >= 0.6 is 0 Å². The summed E-state index contributed by atoms with van der Waals surface area (Å²) in [6.45, 7) is 4.39. The topological polar surface area (TPSA) is 26.6 Å². The van der Waals surface area contributed by atoms with Gasteiger partial charge in [-0.15, -0.1) is 0 Å². The average Bonchev–Trinajstić information content (AvgIpc) is 3.96. The fourth-order valence-electron chi connectivity index (χ4n) is 10.4. The van der Waals surface area contributed by atoms with Crippen molar-refractivity contribution in [3.05, 3.63) is 246 Å². The van der Waals surface area contributed by atoms with E-state index in [1.165, 1.54) is 66.4 Å². The lowest BCUT2D eigenvalue weighted by molar-refractivity contribution is -0.567. The molecule has 0 saturated carbocycles. The van der Waals surface area contributed by atoms with E-state index in [1.807, 2.05) is 6.20 Å². The largest absolute Gasteiger partial charge is 0.294 e. The average molecular weight is 782 g/mol. The van der Waals surface area contributed by atoms with Crippen LogP contribution in [0.4, 0.5) is 0 Å². The number of nitrogens with zero attached hydrogens (tertiary/aromatic N) is 4. The molecule has 1 aliphatic carbocycles. The first kappa shape index (κ1) is 35.2. The van der Waals surface area contributed by atoms with E-state index in [0.717, 1.165) is 39.3 Å².